The molecule has 1 nitrogen and oxygen atoms in total. The molecule has 1 saturated carbocycles. The molecule has 1 aliphatic heterocycles. The van der Waals surface area contributed by atoms with Crippen molar-refractivity contribution in [2.45, 2.75) is 51.9 Å². The number of aryl methyl sites for hydroxylation is 2. The van der Waals surface area contributed by atoms with Crippen LogP contribution in [0.4, 0.5) is 0 Å². The number of hydrogen-bond acceptors (Lipinski definition) is 1. The molecule has 1 aromatic rings. The summed E-state index contributed by atoms with van der Waals surface area (Å²) in [5, 5.41) is 3.68. The summed E-state index contributed by atoms with van der Waals surface area (Å²) >= 11 is 0. The number of rotatable bonds is 1. The Balaban J connectivity index is 1.96. The molecule has 1 aliphatic carbocycles. The van der Waals surface area contributed by atoms with Crippen LogP contribution in [0.3, 0.4) is 0 Å². The van der Waals surface area contributed by atoms with Crippen molar-refractivity contribution in [1.82, 2.24) is 5.32 Å². The van der Waals surface area contributed by atoms with Gasteiger partial charge in [-0.05, 0) is 43.2 Å². The first-order valence-corrected chi connectivity index (χ1v) is 7.49. The van der Waals surface area contributed by atoms with Gasteiger partial charge >= 0.3 is 0 Å². The van der Waals surface area contributed by atoms with Crippen LogP contribution in [0.5, 0.6) is 0 Å². The highest BCUT2D eigenvalue weighted by atomic mass is 14.9. The van der Waals surface area contributed by atoms with Crippen LogP contribution < -0.4 is 5.32 Å². The van der Waals surface area contributed by atoms with E-state index < -0.39 is 0 Å². The molecule has 1 N–H and O–H groups in total. The van der Waals surface area contributed by atoms with Crippen LogP contribution in [0.1, 0.15) is 54.7 Å². The second-order valence-electron chi connectivity index (χ2n) is 6.47. The molecule has 1 atom stereocenters. The van der Waals surface area contributed by atoms with Gasteiger partial charge in [0.2, 0.25) is 0 Å². The lowest BCUT2D eigenvalue weighted by Gasteiger charge is -2.39. The molecule has 0 bridgehead atoms. The first-order valence-electron chi connectivity index (χ1n) is 7.49. The lowest BCUT2D eigenvalue weighted by molar-refractivity contribution is 0.189. The molecule has 0 radical (unpaired) electrons. The van der Waals surface area contributed by atoms with E-state index >= 15 is 0 Å². The molecular formula is C17H25N. The molecule has 1 aromatic carbocycles. The smallest absolute Gasteiger partial charge is 0.00348 e. The zero-order valence-corrected chi connectivity index (χ0v) is 11.8. The molecule has 1 heteroatoms. The van der Waals surface area contributed by atoms with Gasteiger partial charge in [0, 0.05) is 19.0 Å². The first-order chi connectivity index (χ1) is 8.71. The Kier molecular flexibility index (Phi) is 3.19. The van der Waals surface area contributed by atoms with Crippen molar-refractivity contribution >= 4 is 0 Å². The third kappa shape index (κ3) is 1.99. The van der Waals surface area contributed by atoms with Crippen molar-refractivity contribution in [3.05, 3.63) is 34.9 Å². The average Bonchev–Trinajstić information content (AvgIpc) is 2.76. The predicted octanol–water partition coefficient (Wildman–Crippen LogP) is 3.94. The standard InChI is InChI=1S/C17H25N/c1-13-6-7-14(2)15(10-13)16-11-18-12-17(16)8-4-3-5-9-17/h6-7,10,16,18H,3-5,8-9,11-12H2,1-2H3. The topological polar surface area (TPSA) is 12.0 Å². The Labute approximate surface area is 111 Å². The third-order valence-electron chi connectivity index (χ3n) is 5.22. The van der Waals surface area contributed by atoms with Crippen LogP contribution in [0.15, 0.2) is 18.2 Å². The average molecular weight is 243 g/mol. The summed E-state index contributed by atoms with van der Waals surface area (Å²) in [6.45, 7) is 6.93. The summed E-state index contributed by atoms with van der Waals surface area (Å²) in [5.41, 5.74) is 5.08. The highest BCUT2D eigenvalue weighted by Gasteiger charge is 2.44. The van der Waals surface area contributed by atoms with Crippen molar-refractivity contribution in [2.24, 2.45) is 5.41 Å². The maximum atomic E-state index is 3.68. The van der Waals surface area contributed by atoms with Gasteiger partial charge in [0.15, 0.2) is 0 Å². The monoisotopic (exact) mass is 243 g/mol. The Morgan fingerprint density at radius 1 is 1.11 bits per heavy atom. The van der Waals surface area contributed by atoms with Gasteiger partial charge in [-0.15, -0.1) is 0 Å². The van der Waals surface area contributed by atoms with Crippen LogP contribution in [-0.4, -0.2) is 13.1 Å². The lowest BCUT2D eigenvalue weighted by Crippen LogP contribution is -2.31. The molecule has 18 heavy (non-hydrogen) atoms. The van der Waals surface area contributed by atoms with E-state index in [9.17, 15) is 0 Å². The van der Waals surface area contributed by atoms with Crippen LogP contribution in [0, 0.1) is 19.3 Å². The first kappa shape index (κ1) is 12.2. The minimum atomic E-state index is 0.566. The van der Waals surface area contributed by atoms with Crippen LogP contribution in [0.2, 0.25) is 0 Å². The minimum absolute atomic E-state index is 0.566. The summed E-state index contributed by atoms with van der Waals surface area (Å²) in [6, 6.07) is 6.98. The van der Waals surface area contributed by atoms with Crippen molar-refractivity contribution in [2.75, 3.05) is 13.1 Å². The Morgan fingerprint density at radius 2 is 1.89 bits per heavy atom. The van der Waals surface area contributed by atoms with Gasteiger partial charge in [-0.25, -0.2) is 0 Å². The molecule has 1 heterocycles. The molecular weight excluding hydrogens is 218 g/mol. The zero-order valence-electron chi connectivity index (χ0n) is 11.8. The van der Waals surface area contributed by atoms with Gasteiger partial charge < -0.3 is 5.32 Å². The third-order valence-corrected chi connectivity index (χ3v) is 5.22. The summed E-state index contributed by atoms with van der Waals surface area (Å²) in [7, 11) is 0. The van der Waals surface area contributed by atoms with Gasteiger partial charge in [-0.2, -0.15) is 0 Å². The number of benzene rings is 1. The Hall–Kier alpha value is -0.820. The fourth-order valence-electron chi connectivity index (χ4n) is 4.16. The van der Waals surface area contributed by atoms with Gasteiger partial charge in [0.25, 0.3) is 0 Å². The van der Waals surface area contributed by atoms with E-state index in [-0.39, 0.29) is 0 Å². The van der Waals surface area contributed by atoms with E-state index in [0.29, 0.717) is 5.41 Å². The largest absolute Gasteiger partial charge is 0.316 e. The summed E-state index contributed by atoms with van der Waals surface area (Å²) in [6.07, 6.45) is 7.17. The van der Waals surface area contributed by atoms with E-state index in [4.69, 9.17) is 0 Å². The predicted molar refractivity (Wildman–Crippen MR) is 77.0 cm³/mol. The molecule has 2 aliphatic rings. The van der Waals surface area contributed by atoms with Crippen molar-refractivity contribution in [3.8, 4) is 0 Å². The van der Waals surface area contributed by atoms with Gasteiger partial charge in [0.1, 0.15) is 0 Å². The minimum Gasteiger partial charge on any atom is -0.316 e. The Bertz CT molecular complexity index is 429. The van der Waals surface area contributed by atoms with Crippen LogP contribution in [0.25, 0.3) is 0 Å². The highest BCUT2D eigenvalue weighted by Crippen LogP contribution is 2.50. The molecule has 98 valence electrons. The van der Waals surface area contributed by atoms with Crippen LogP contribution in [-0.2, 0) is 0 Å². The van der Waals surface area contributed by atoms with Crippen molar-refractivity contribution < 1.29 is 0 Å². The second kappa shape index (κ2) is 4.70. The van der Waals surface area contributed by atoms with E-state index in [1.54, 1.807) is 5.56 Å². The highest BCUT2D eigenvalue weighted by molar-refractivity contribution is 5.36. The fourth-order valence-corrected chi connectivity index (χ4v) is 4.16. The summed E-state index contributed by atoms with van der Waals surface area (Å²) in [4.78, 5) is 0. The van der Waals surface area contributed by atoms with Gasteiger partial charge in [-0.3, -0.25) is 0 Å². The maximum Gasteiger partial charge on any atom is 0.00348 e. The van der Waals surface area contributed by atoms with Crippen molar-refractivity contribution in [3.63, 3.8) is 0 Å². The molecule has 3 rings (SSSR count). The van der Waals surface area contributed by atoms with E-state index in [1.165, 1.54) is 56.3 Å². The van der Waals surface area contributed by atoms with E-state index in [0.717, 1.165) is 5.92 Å². The van der Waals surface area contributed by atoms with Crippen LogP contribution >= 0.6 is 0 Å². The van der Waals surface area contributed by atoms with Gasteiger partial charge in [0.05, 0.1) is 0 Å². The second-order valence-corrected chi connectivity index (χ2v) is 6.47. The summed E-state index contributed by atoms with van der Waals surface area (Å²) < 4.78 is 0. The molecule has 1 spiro atoms. The van der Waals surface area contributed by atoms with Gasteiger partial charge in [-0.1, -0.05) is 43.0 Å². The summed E-state index contributed by atoms with van der Waals surface area (Å²) in [5.74, 6) is 0.748. The van der Waals surface area contributed by atoms with E-state index in [2.05, 4.69) is 37.4 Å². The maximum absolute atomic E-state index is 3.68. The molecule has 0 amide bonds. The van der Waals surface area contributed by atoms with E-state index in [1.807, 2.05) is 0 Å². The normalized spacial score (nSPS) is 26.7. The fraction of sp³-hybridized carbons (Fsp3) is 0.647. The zero-order chi connectivity index (χ0) is 12.6. The molecule has 1 unspecified atom stereocenters. The lowest BCUT2D eigenvalue weighted by atomic mass is 9.65. The molecule has 0 aromatic heterocycles. The quantitative estimate of drug-likeness (QED) is 0.787. The SMILES string of the molecule is Cc1ccc(C)c(C2CNCC23CCCCC3)c1. The molecule has 1 saturated heterocycles. The Morgan fingerprint density at radius 3 is 2.67 bits per heavy atom. The van der Waals surface area contributed by atoms with Crippen molar-refractivity contribution in [1.29, 1.82) is 0 Å². The molecule has 2 fully saturated rings. The number of nitrogens with one attached hydrogen (secondary N) is 1. The number of hydrogen-bond donors (Lipinski definition) is 1.